The summed E-state index contributed by atoms with van der Waals surface area (Å²) in [7, 11) is 9.12. The lowest BCUT2D eigenvalue weighted by molar-refractivity contribution is 0.100. The van der Waals surface area contributed by atoms with E-state index >= 15 is 0 Å². The highest BCUT2D eigenvalue weighted by Gasteiger charge is 2.38. The fourth-order valence-corrected chi connectivity index (χ4v) is 5.45. The number of methoxy groups -OCH3 is 6. The Morgan fingerprint density at radius 2 is 0.848 bits per heavy atom. The van der Waals surface area contributed by atoms with Crippen molar-refractivity contribution >= 4 is 22.7 Å². The number of Topliss-reactive ketones (excluding diaryl/α,β-unsaturated/α-hetero) is 2. The largest absolute Gasteiger partial charge is 0.497 e. The van der Waals surface area contributed by atoms with Crippen molar-refractivity contribution in [2.45, 2.75) is 0 Å². The van der Waals surface area contributed by atoms with Gasteiger partial charge in [0.25, 0.3) is 0 Å². The molecule has 0 amide bonds. The van der Waals surface area contributed by atoms with Gasteiger partial charge in [0.1, 0.15) is 23.0 Å². The van der Waals surface area contributed by atoms with E-state index in [0.29, 0.717) is 68.2 Å². The third kappa shape index (κ3) is 5.03. The predicted molar refractivity (Wildman–Crippen MR) is 169 cm³/mol. The van der Waals surface area contributed by atoms with Crippen molar-refractivity contribution in [1.82, 2.24) is 0 Å². The van der Waals surface area contributed by atoms with Crippen LogP contribution in [0.1, 0.15) is 31.8 Å². The van der Waals surface area contributed by atoms with Crippen LogP contribution in [0.25, 0.3) is 11.1 Å². The van der Waals surface area contributed by atoms with Crippen LogP contribution in [-0.4, -0.2) is 54.2 Å². The van der Waals surface area contributed by atoms with Crippen LogP contribution >= 0.6 is 0 Å². The van der Waals surface area contributed by atoms with Crippen molar-refractivity contribution in [3.05, 3.63) is 107 Å². The van der Waals surface area contributed by atoms with Crippen LogP contribution in [-0.2, 0) is 0 Å². The number of carbonyl (C=O) groups excluding carboxylic acids is 2. The molecule has 2 heterocycles. The molecule has 4 aromatic carbocycles. The zero-order chi connectivity index (χ0) is 32.5. The third-order valence-corrected chi connectivity index (χ3v) is 7.75. The molecular weight excluding hydrogens is 592 g/mol. The average molecular weight is 623 g/mol. The van der Waals surface area contributed by atoms with E-state index in [-0.39, 0.29) is 22.7 Å². The van der Waals surface area contributed by atoms with E-state index < -0.39 is 11.6 Å². The molecular formula is C36H30O10. The first-order valence-electron chi connectivity index (χ1n) is 14.1. The maximum absolute atomic E-state index is 14.2. The standard InChI is InChI=1S/C36H30O10/c1-39-21-9-11-23-27(17-21)45-35(33(23)37)31(19-7-13-25(41-3)29(15-19)43-5)32(20-8-14-26(42-4)30(16-20)44-6)36-34(38)24-12-10-22(40-2)18-28(24)46-36/h7-18H,1-6H3/b35-31-,36-32-. The number of hydrogen-bond acceptors (Lipinski definition) is 10. The number of rotatable bonds is 9. The molecule has 0 radical (unpaired) electrons. The second kappa shape index (κ2) is 12.2. The van der Waals surface area contributed by atoms with E-state index in [9.17, 15) is 9.59 Å². The van der Waals surface area contributed by atoms with Gasteiger partial charge in [0.05, 0.1) is 53.8 Å². The summed E-state index contributed by atoms with van der Waals surface area (Å²) in [6.45, 7) is 0. The smallest absolute Gasteiger partial charge is 0.232 e. The highest BCUT2D eigenvalue weighted by atomic mass is 16.5. The Morgan fingerprint density at radius 1 is 0.457 bits per heavy atom. The summed E-state index contributed by atoms with van der Waals surface area (Å²) >= 11 is 0. The van der Waals surface area contributed by atoms with E-state index in [0.717, 1.165) is 0 Å². The van der Waals surface area contributed by atoms with E-state index in [4.69, 9.17) is 37.9 Å². The summed E-state index contributed by atoms with van der Waals surface area (Å²) in [6, 6.07) is 20.2. The fourth-order valence-electron chi connectivity index (χ4n) is 5.45. The summed E-state index contributed by atoms with van der Waals surface area (Å²) in [4.78, 5) is 28.3. The van der Waals surface area contributed by atoms with Crippen LogP contribution in [0.4, 0.5) is 0 Å². The molecule has 4 aromatic rings. The minimum atomic E-state index is -0.398. The number of hydrogen-bond donors (Lipinski definition) is 0. The number of allylic oxidation sites excluding steroid dienone is 4. The van der Waals surface area contributed by atoms with Gasteiger partial charge in [-0.15, -0.1) is 0 Å². The minimum Gasteiger partial charge on any atom is -0.497 e. The number of carbonyl (C=O) groups is 2. The summed E-state index contributed by atoms with van der Waals surface area (Å²) in [5.41, 5.74) is 2.19. The number of ether oxygens (including phenoxy) is 8. The van der Waals surface area contributed by atoms with Gasteiger partial charge in [0.2, 0.25) is 11.6 Å². The zero-order valence-electron chi connectivity index (χ0n) is 26.0. The van der Waals surface area contributed by atoms with Gasteiger partial charge in [0, 0.05) is 23.3 Å². The molecule has 0 spiro atoms. The number of benzene rings is 4. The first kappa shape index (κ1) is 30.1. The fraction of sp³-hybridized carbons (Fsp3) is 0.167. The van der Waals surface area contributed by atoms with E-state index in [1.807, 2.05) is 0 Å². The van der Waals surface area contributed by atoms with Gasteiger partial charge < -0.3 is 37.9 Å². The first-order valence-corrected chi connectivity index (χ1v) is 14.1. The first-order chi connectivity index (χ1) is 22.3. The van der Waals surface area contributed by atoms with Gasteiger partial charge in [-0.25, -0.2) is 0 Å². The Morgan fingerprint density at radius 3 is 1.20 bits per heavy atom. The van der Waals surface area contributed by atoms with Gasteiger partial charge in [-0.3, -0.25) is 9.59 Å². The SMILES string of the molecule is COc1ccc2c(c1)O/C(=C(\C(=C1/Oc3cc(OC)ccc3C1=O)c1ccc(OC)c(OC)c1)c1ccc(OC)c(OC)c1)C2=O. The van der Waals surface area contributed by atoms with Gasteiger partial charge in [-0.2, -0.15) is 0 Å². The van der Waals surface area contributed by atoms with E-state index in [1.54, 1.807) is 72.8 Å². The molecule has 0 saturated heterocycles. The molecule has 234 valence electrons. The van der Waals surface area contributed by atoms with Crippen LogP contribution in [0, 0.1) is 0 Å². The summed E-state index contributed by atoms with van der Waals surface area (Å²) in [6.07, 6.45) is 0. The molecule has 10 nitrogen and oxygen atoms in total. The number of ketones is 2. The highest BCUT2D eigenvalue weighted by molar-refractivity contribution is 6.27. The predicted octanol–water partition coefficient (Wildman–Crippen LogP) is 6.41. The van der Waals surface area contributed by atoms with E-state index in [1.165, 1.54) is 42.7 Å². The Hall–Kier alpha value is -5.90. The topological polar surface area (TPSA) is 108 Å². The molecule has 0 N–H and O–H groups in total. The highest BCUT2D eigenvalue weighted by Crippen LogP contribution is 2.48. The minimum absolute atomic E-state index is 0.0299. The second-order valence-corrected chi connectivity index (χ2v) is 10.1. The molecule has 0 fully saturated rings. The molecule has 2 aliphatic heterocycles. The van der Waals surface area contributed by atoms with E-state index in [2.05, 4.69) is 0 Å². The van der Waals surface area contributed by atoms with Crippen LogP contribution in [0.3, 0.4) is 0 Å². The van der Waals surface area contributed by atoms with Crippen molar-refractivity contribution in [2.75, 3.05) is 42.7 Å². The Labute approximate surface area is 265 Å². The third-order valence-electron chi connectivity index (χ3n) is 7.75. The lowest BCUT2D eigenvalue weighted by Crippen LogP contribution is -2.11. The quantitative estimate of drug-likeness (QED) is 0.194. The summed E-state index contributed by atoms with van der Waals surface area (Å²) in [5, 5.41) is 0. The van der Waals surface area contributed by atoms with Crippen molar-refractivity contribution in [3.63, 3.8) is 0 Å². The molecule has 0 aliphatic carbocycles. The molecule has 0 bridgehead atoms. The maximum atomic E-state index is 14.2. The average Bonchev–Trinajstić information content (AvgIpc) is 3.60. The number of fused-ring (bicyclic) bond motifs is 2. The monoisotopic (exact) mass is 622 g/mol. The lowest BCUT2D eigenvalue weighted by atomic mass is 9.87. The molecule has 10 heteroatoms. The van der Waals surface area contributed by atoms with Crippen molar-refractivity contribution in [3.8, 4) is 46.0 Å². The second-order valence-electron chi connectivity index (χ2n) is 10.1. The van der Waals surface area contributed by atoms with Crippen LogP contribution < -0.4 is 37.9 Å². The molecule has 6 rings (SSSR count). The normalized spacial score (nSPS) is 15.3. The van der Waals surface area contributed by atoms with Gasteiger partial charge in [0.15, 0.2) is 34.5 Å². The summed E-state index contributed by atoms with van der Waals surface area (Å²) < 4.78 is 45.6. The Bertz CT molecular complexity index is 1810. The molecule has 46 heavy (non-hydrogen) atoms. The van der Waals surface area contributed by atoms with Crippen LogP contribution in [0.5, 0.6) is 46.0 Å². The van der Waals surface area contributed by atoms with Crippen LogP contribution in [0.15, 0.2) is 84.3 Å². The van der Waals surface area contributed by atoms with Crippen molar-refractivity contribution < 1.29 is 47.5 Å². The molecule has 0 unspecified atom stereocenters. The van der Waals surface area contributed by atoms with Gasteiger partial charge in [-0.05, 0) is 59.7 Å². The zero-order valence-corrected chi connectivity index (χ0v) is 26.0. The van der Waals surface area contributed by atoms with Crippen molar-refractivity contribution in [1.29, 1.82) is 0 Å². The maximum Gasteiger partial charge on any atom is 0.232 e. The van der Waals surface area contributed by atoms with Crippen LogP contribution in [0.2, 0.25) is 0 Å². The summed E-state index contributed by atoms with van der Waals surface area (Å²) in [5.74, 6) is 2.51. The van der Waals surface area contributed by atoms with Crippen molar-refractivity contribution in [2.24, 2.45) is 0 Å². The molecule has 0 saturated carbocycles. The van der Waals surface area contributed by atoms with Gasteiger partial charge in [-0.1, -0.05) is 12.1 Å². The lowest BCUT2D eigenvalue weighted by Gasteiger charge is -2.19. The molecule has 2 aliphatic rings. The Kier molecular flexibility index (Phi) is 8.02. The Balaban J connectivity index is 1.70. The van der Waals surface area contributed by atoms with Gasteiger partial charge >= 0.3 is 0 Å². The molecule has 0 aromatic heterocycles. The molecule has 0 atom stereocenters.